The summed E-state index contributed by atoms with van der Waals surface area (Å²) in [6.45, 7) is 5.20. The molecule has 7 rings (SSSR count). The van der Waals surface area contributed by atoms with Crippen molar-refractivity contribution in [3.8, 4) is 11.1 Å². The molecule has 0 radical (unpaired) electrons. The molecule has 1 heteroatoms. The molecule has 5 aromatic carbocycles. The van der Waals surface area contributed by atoms with Gasteiger partial charge in [0.25, 0.3) is 0 Å². The highest BCUT2D eigenvalue weighted by Crippen LogP contribution is 2.52. The third kappa shape index (κ3) is 2.57. The van der Waals surface area contributed by atoms with Crippen LogP contribution in [-0.2, 0) is 0 Å². The van der Waals surface area contributed by atoms with E-state index in [2.05, 4.69) is 122 Å². The molecule has 0 saturated carbocycles. The van der Waals surface area contributed by atoms with Crippen LogP contribution >= 0.6 is 0 Å². The Morgan fingerprint density at radius 1 is 0.485 bits per heavy atom. The van der Waals surface area contributed by atoms with Gasteiger partial charge in [-0.15, -0.1) is 0 Å². The Kier molecular flexibility index (Phi) is 3.93. The summed E-state index contributed by atoms with van der Waals surface area (Å²) < 4.78 is 0. The van der Waals surface area contributed by atoms with Gasteiger partial charge in [-0.25, -0.2) is 0 Å². The Morgan fingerprint density at radius 3 is 1.36 bits per heavy atom. The van der Waals surface area contributed by atoms with Crippen molar-refractivity contribution in [1.82, 2.24) is 0 Å². The Hall–Kier alpha value is -3.42. The zero-order valence-corrected chi connectivity index (χ0v) is 20.0. The largest absolute Gasteiger partial charge is 0.0718 e. The maximum Gasteiger partial charge on any atom is 0.0715 e. The van der Waals surface area contributed by atoms with Crippen molar-refractivity contribution in [1.29, 1.82) is 0 Å². The zero-order valence-electron chi connectivity index (χ0n) is 19.0. The van der Waals surface area contributed by atoms with Crippen LogP contribution in [0.4, 0.5) is 0 Å². The van der Waals surface area contributed by atoms with E-state index in [1.165, 1.54) is 54.2 Å². The fourth-order valence-corrected chi connectivity index (χ4v) is 10.2. The highest BCUT2D eigenvalue weighted by atomic mass is 28.3. The molecule has 0 spiro atoms. The number of hydrogen-bond donors (Lipinski definition) is 0. The molecule has 0 bridgehead atoms. The van der Waals surface area contributed by atoms with Crippen LogP contribution in [0.3, 0.4) is 0 Å². The van der Waals surface area contributed by atoms with Gasteiger partial charge in [0.15, 0.2) is 0 Å². The summed E-state index contributed by atoms with van der Waals surface area (Å²) >= 11 is 0. The first-order chi connectivity index (χ1) is 16.1. The molecule has 5 aromatic rings. The fraction of sp³-hybridized carbons (Fsp3) is 0.125. The second-order valence-corrected chi connectivity index (χ2v) is 15.1. The smallest absolute Gasteiger partial charge is 0.0715 e. The van der Waals surface area contributed by atoms with Crippen molar-refractivity contribution < 1.29 is 0 Å². The van der Waals surface area contributed by atoms with Gasteiger partial charge in [-0.3, -0.25) is 0 Å². The van der Waals surface area contributed by atoms with Crippen LogP contribution in [0.2, 0.25) is 18.6 Å². The van der Waals surface area contributed by atoms with Crippen LogP contribution in [0.25, 0.3) is 44.8 Å². The predicted octanol–water partition coefficient (Wildman–Crippen LogP) is 7.00. The molecular weight excluding hydrogens is 412 g/mol. The minimum absolute atomic E-state index is 0.492. The Bertz CT molecular complexity index is 1590. The summed E-state index contributed by atoms with van der Waals surface area (Å²) in [4.78, 5) is 0. The first-order valence-corrected chi connectivity index (χ1v) is 15.1. The number of rotatable bonds is 2. The van der Waals surface area contributed by atoms with Crippen molar-refractivity contribution in [3.63, 3.8) is 0 Å². The lowest BCUT2D eigenvalue weighted by molar-refractivity contribution is 1.09. The van der Waals surface area contributed by atoms with Gasteiger partial charge in [0.1, 0.15) is 0 Å². The van der Waals surface area contributed by atoms with E-state index in [4.69, 9.17) is 0 Å². The monoisotopic (exact) mass is 438 g/mol. The van der Waals surface area contributed by atoms with Crippen molar-refractivity contribution >= 4 is 41.8 Å². The lowest BCUT2D eigenvalue weighted by Gasteiger charge is -2.35. The van der Waals surface area contributed by atoms with E-state index in [9.17, 15) is 0 Å². The molecule has 0 fully saturated rings. The topological polar surface area (TPSA) is 0 Å². The minimum Gasteiger partial charge on any atom is -0.0718 e. The molecule has 0 saturated heterocycles. The fourth-order valence-electron chi connectivity index (χ4n) is 6.54. The summed E-state index contributed by atoms with van der Waals surface area (Å²) in [7, 11) is -1.82. The second kappa shape index (κ2) is 6.79. The van der Waals surface area contributed by atoms with E-state index in [1.807, 2.05) is 0 Å². The van der Waals surface area contributed by atoms with Gasteiger partial charge in [0.2, 0.25) is 0 Å². The Morgan fingerprint density at radius 2 is 0.879 bits per heavy atom. The number of hydrogen-bond acceptors (Lipinski definition) is 0. The molecule has 33 heavy (non-hydrogen) atoms. The van der Waals surface area contributed by atoms with Crippen LogP contribution in [0.5, 0.6) is 0 Å². The Balaban J connectivity index is 1.49. The van der Waals surface area contributed by atoms with Gasteiger partial charge in [0.05, 0.1) is 8.07 Å². The summed E-state index contributed by atoms with van der Waals surface area (Å²) in [5.41, 5.74) is 6.93. The van der Waals surface area contributed by atoms with Gasteiger partial charge >= 0.3 is 0 Å². The molecule has 0 unspecified atom stereocenters. The molecule has 0 aliphatic heterocycles. The lowest BCUT2D eigenvalue weighted by Crippen LogP contribution is -2.38. The van der Waals surface area contributed by atoms with E-state index < -0.39 is 8.07 Å². The molecule has 0 atom stereocenters. The summed E-state index contributed by atoms with van der Waals surface area (Å²) in [6, 6.07) is 36.1. The summed E-state index contributed by atoms with van der Waals surface area (Å²) in [5, 5.41) is 8.40. The molecule has 0 heterocycles. The quantitative estimate of drug-likeness (QED) is 0.206. The van der Waals surface area contributed by atoms with Crippen molar-refractivity contribution in [2.24, 2.45) is 0 Å². The molecule has 0 nitrogen and oxygen atoms in total. The van der Waals surface area contributed by atoms with Gasteiger partial charge in [-0.05, 0) is 59.8 Å². The first kappa shape index (κ1) is 19.1. The van der Waals surface area contributed by atoms with E-state index in [0.717, 1.165) is 0 Å². The maximum absolute atomic E-state index is 2.61. The third-order valence-corrected chi connectivity index (χ3v) is 12.3. The van der Waals surface area contributed by atoms with Crippen LogP contribution in [0, 0.1) is 0 Å². The van der Waals surface area contributed by atoms with Crippen LogP contribution in [0.15, 0.2) is 97.1 Å². The highest BCUT2D eigenvalue weighted by molar-refractivity contribution is 6.83. The predicted molar refractivity (Wildman–Crippen MR) is 145 cm³/mol. The molecular formula is C32H26Si. The standard InChI is InChI=1S/C32H26Si/c1-33(2,32-28-17-9-7-13-24(28)25-14-8-10-18-29(25)32)21-19-30-26-15-5-3-11-22(26)23-12-4-6-16-27(23)31(30)20-21/h3-21,32H,1-2H3. The van der Waals surface area contributed by atoms with Gasteiger partial charge < -0.3 is 0 Å². The van der Waals surface area contributed by atoms with Crippen molar-refractivity contribution in [2.75, 3.05) is 0 Å². The highest BCUT2D eigenvalue weighted by Gasteiger charge is 2.44. The summed E-state index contributed by atoms with van der Waals surface area (Å²) in [5.74, 6) is 0. The van der Waals surface area contributed by atoms with Crippen LogP contribution < -0.4 is 10.4 Å². The van der Waals surface area contributed by atoms with E-state index >= 15 is 0 Å². The Labute approximate surface area is 195 Å². The minimum atomic E-state index is -1.82. The molecule has 2 aliphatic carbocycles. The SMILES string of the molecule is C[Si](C)(C1C=c2c(c3ccccc3c3ccccc23)=C1)C1c2ccccc2-c2ccccc21. The van der Waals surface area contributed by atoms with E-state index in [-0.39, 0.29) is 0 Å². The van der Waals surface area contributed by atoms with Gasteiger partial charge in [0, 0.05) is 5.54 Å². The van der Waals surface area contributed by atoms with E-state index in [0.29, 0.717) is 11.1 Å². The molecule has 0 N–H and O–H groups in total. The molecule has 0 aromatic heterocycles. The lowest BCUT2D eigenvalue weighted by atomic mass is 9.99. The van der Waals surface area contributed by atoms with Crippen LogP contribution in [-0.4, -0.2) is 8.07 Å². The molecule has 2 aliphatic rings. The van der Waals surface area contributed by atoms with E-state index in [1.54, 1.807) is 0 Å². The normalized spacial score (nSPS) is 15.2. The van der Waals surface area contributed by atoms with Crippen molar-refractivity contribution in [3.05, 3.63) is 119 Å². The average molecular weight is 439 g/mol. The van der Waals surface area contributed by atoms with Gasteiger partial charge in [-0.2, -0.15) is 0 Å². The number of fused-ring (bicyclic) bond motifs is 9. The first-order valence-electron chi connectivity index (χ1n) is 12.0. The average Bonchev–Trinajstić information content (AvgIpc) is 3.46. The maximum atomic E-state index is 2.61. The van der Waals surface area contributed by atoms with Gasteiger partial charge in [-0.1, -0.05) is 122 Å². The third-order valence-electron chi connectivity index (χ3n) is 8.14. The van der Waals surface area contributed by atoms with Crippen molar-refractivity contribution in [2.45, 2.75) is 24.2 Å². The number of benzene rings is 5. The summed E-state index contributed by atoms with van der Waals surface area (Å²) in [6.07, 6.45) is 5.22. The van der Waals surface area contributed by atoms with Crippen LogP contribution in [0.1, 0.15) is 16.7 Å². The molecule has 158 valence electrons. The zero-order chi connectivity index (χ0) is 22.2. The second-order valence-electron chi connectivity index (χ2n) is 10.2. The molecule has 0 amide bonds.